The Morgan fingerprint density at radius 3 is 0.837 bits per heavy atom. The van der Waals surface area contributed by atoms with E-state index in [1.54, 1.807) is 24.3 Å². The van der Waals surface area contributed by atoms with Crippen LogP contribution in [-0.4, -0.2) is 96.7 Å². The number of unbranched alkanes of at least 4 members (excludes halogenated alkanes) is 8. The van der Waals surface area contributed by atoms with Gasteiger partial charge in [0.15, 0.2) is 12.2 Å². The van der Waals surface area contributed by atoms with Gasteiger partial charge in [0.05, 0.1) is 39.3 Å². The van der Waals surface area contributed by atoms with E-state index in [0.717, 1.165) is 154 Å². The first-order valence-electron chi connectivity index (χ1n) is 38.0. The maximum atomic E-state index is 13.1. The molecule has 0 aliphatic rings. The fourth-order valence-electron chi connectivity index (χ4n) is 8.88. The number of aliphatic hydroxyl groups excluding tert-OH is 1. The van der Waals surface area contributed by atoms with Crippen molar-refractivity contribution in [2.45, 2.75) is 251 Å². The number of allylic oxidation sites excluding steroid dienone is 34. The molecule has 5 unspecified atom stereocenters. The van der Waals surface area contributed by atoms with Crippen LogP contribution >= 0.6 is 15.6 Å². The van der Waals surface area contributed by atoms with Gasteiger partial charge in [-0.3, -0.25) is 37.3 Å². The number of carbonyl (C=O) groups is 4. The number of phosphoric ester groups is 2. The van der Waals surface area contributed by atoms with Crippen LogP contribution in [0.5, 0.6) is 0 Å². The number of aliphatic hydroxyl groups is 1. The fourth-order valence-corrected chi connectivity index (χ4v) is 10.5. The van der Waals surface area contributed by atoms with E-state index in [1.807, 2.05) is 24.3 Å². The van der Waals surface area contributed by atoms with E-state index in [0.29, 0.717) is 25.7 Å². The van der Waals surface area contributed by atoms with Gasteiger partial charge in [-0.2, -0.15) is 0 Å². The Labute approximate surface area is 626 Å². The first-order chi connectivity index (χ1) is 50.7. The highest BCUT2D eigenvalue weighted by molar-refractivity contribution is 7.47. The highest BCUT2D eigenvalue weighted by Gasteiger charge is 2.30. The topological polar surface area (TPSA) is 237 Å². The van der Waals surface area contributed by atoms with Crippen LogP contribution in [0.1, 0.15) is 233 Å². The van der Waals surface area contributed by atoms with E-state index < -0.39 is 97.5 Å². The van der Waals surface area contributed by atoms with Gasteiger partial charge in [0.25, 0.3) is 0 Å². The van der Waals surface area contributed by atoms with Crippen LogP contribution in [0.3, 0.4) is 0 Å². The van der Waals surface area contributed by atoms with E-state index in [2.05, 4.69) is 198 Å². The molecule has 0 rings (SSSR count). The van der Waals surface area contributed by atoms with E-state index in [-0.39, 0.29) is 25.7 Å². The highest BCUT2D eigenvalue weighted by atomic mass is 31.2. The first-order valence-corrected chi connectivity index (χ1v) is 41.0. The summed E-state index contributed by atoms with van der Waals surface area (Å²) in [6, 6.07) is 0. The second kappa shape index (κ2) is 74.6. The number of ether oxygens (including phenoxy) is 4. The summed E-state index contributed by atoms with van der Waals surface area (Å²) in [5.74, 6) is -2.56. The molecule has 0 fully saturated rings. The molecule has 104 heavy (non-hydrogen) atoms. The minimum atomic E-state index is -5.04. The molecule has 0 aromatic carbocycles. The molecule has 0 aliphatic carbocycles. The van der Waals surface area contributed by atoms with Crippen molar-refractivity contribution in [1.82, 2.24) is 0 Å². The molecule has 17 nitrogen and oxygen atoms in total. The molecule has 19 heteroatoms. The normalized spacial score (nSPS) is 15.1. The quantitative estimate of drug-likeness (QED) is 0.0169. The second-order valence-electron chi connectivity index (χ2n) is 24.1. The maximum absolute atomic E-state index is 13.1. The number of rotatable bonds is 68. The van der Waals surface area contributed by atoms with Crippen molar-refractivity contribution in [2.75, 3.05) is 39.6 Å². The Morgan fingerprint density at radius 2 is 0.519 bits per heavy atom. The molecule has 5 atom stereocenters. The molecule has 0 aromatic rings. The molecular weight excluding hydrogens is 1350 g/mol. The molecule has 0 saturated heterocycles. The molecule has 582 valence electrons. The minimum absolute atomic E-state index is 0.0464. The molecule has 0 radical (unpaired) electrons. The second-order valence-corrected chi connectivity index (χ2v) is 27.0. The lowest BCUT2D eigenvalue weighted by Gasteiger charge is -2.21. The summed E-state index contributed by atoms with van der Waals surface area (Å²) >= 11 is 0. The predicted octanol–water partition coefficient (Wildman–Crippen LogP) is 22.1. The molecule has 0 aromatic heterocycles. The average molecular weight is 1490 g/mol. The largest absolute Gasteiger partial charge is 0.472 e. The van der Waals surface area contributed by atoms with Gasteiger partial charge in [-0.15, -0.1) is 0 Å². The summed E-state index contributed by atoms with van der Waals surface area (Å²) < 4.78 is 68.2. The van der Waals surface area contributed by atoms with Gasteiger partial charge >= 0.3 is 39.5 Å². The van der Waals surface area contributed by atoms with Crippen LogP contribution in [0.2, 0.25) is 0 Å². The van der Waals surface area contributed by atoms with Crippen molar-refractivity contribution in [3.63, 3.8) is 0 Å². The number of phosphoric acid groups is 2. The van der Waals surface area contributed by atoms with Crippen molar-refractivity contribution in [3.05, 3.63) is 219 Å². The lowest BCUT2D eigenvalue weighted by atomic mass is 10.1. The molecule has 0 saturated carbocycles. The van der Waals surface area contributed by atoms with Gasteiger partial charge in [-0.1, -0.05) is 272 Å². The van der Waals surface area contributed by atoms with Crippen LogP contribution in [0.4, 0.5) is 0 Å². The van der Waals surface area contributed by atoms with E-state index >= 15 is 0 Å². The number of carbonyl (C=O) groups excluding carboxylic acids is 4. The monoisotopic (exact) mass is 1480 g/mol. The van der Waals surface area contributed by atoms with Gasteiger partial charge < -0.3 is 33.8 Å². The molecule has 0 heterocycles. The molecular formula is C85H130O17P2. The van der Waals surface area contributed by atoms with Gasteiger partial charge in [0.2, 0.25) is 0 Å². The van der Waals surface area contributed by atoms with E-state index in [9.17, 15) is 43.2 Å². The van der Waals surface area contributed by atoms with Crippen LogP contribution in [0, 0.1) is 0 Å². The van der Waals surface area contributed by atoms with Crippen LogP contribution in [0.15, 0.2) is 219 Å². The van der Waals surface area contributed by atoms with Crippen LogP contribution in [0.25, 0.3) is 0 Å². The van der Waals surface area contributed by atoms with E-state index in [4.69, 9.17) is 37.0 Å². The summed E-state index contributed by atoms with van der Waals surface area (Å²) in [7, 11) is -10.1. The standard InChI is InChI=1S/C85H130O17P2/c1-5-9-13-17-21-25-29-33-37-39-43-46-50-54-58-62-66-70-83(88)96-76-81(102-85(90)72-68-64-60-56-52-48-44-40-38-34-30-26-22-18-14-10-6-2)78-100-104(93,94)98-74-79(86)73-97-103(91,92)99-77-80(101-84(89)71-67-63-59-55-51-47-42-36-32-28-24-20-16-12-8-4)75-95-82(87)69-65-61-57-53-49-45-41-35-31-27-23-19-15-11-7-3/h9-16,21-28,33-38,41-44,46,48-49,51,53,55,61,63,65,67,79-81,86H,5-8,17-20,29-32,39-40,45,47,50,52,54,56-60,62,64,66,68-78H2,1-4H3,(H,91,92)(H,93,94)/b13-9-,14-10-,15-11-,16-12-,25-21-,26-22-,27-23-,28-24-,37-33-,38-34-,41-35-,42-36-,46-43-,48-44-,53-49-,55-51-,65-61-,67-63-. The lowest BCUT2D eigenvalue weighted by Crippen LogP contribution is -2.30. The van der Waals surface area contributed by atoms with Crippen LogP contribution < -0.4 is 0 Å². The summed E-state index contributed by atoms with van der Waals surface area (Å²) in [4.78, 5) is 72.8. The number of hydrogen-bond donors (Lipinski definition) is 3. The third-order valence-electron chi connectivity index (χ3n) is 14.5. The zero-order valence-corrected chi connectivity index (χ0v) is 65.1. The zero-order valence-electron chi connectivity index (χ0n) is 63.3. The number of esters is 4. The van der Waals surface area contributed by atoms with Crippen LogP contribution in [-0.2, 0) is 65.4 Å². The first kappa shape index (κ1) is 97.4. The Bertz CT molecular complexity index is 2840. The third-order valence-corrected chi connectivity index (χ3v) is 16.4. The summed E-state index contributed by atoms with van der Waals surface area (Å²) in [6.45, 7) is 4.07. The molecule has 0 amide bonds. The fraction of sp³-hybridized carbons (Fsp3) is 0.529. The summed E-state index contributed by atoms with van der Waals surface area (Å²) in [5, 5.41) is 10.6. The summed E-state index contributed by atoms with van der Waals surface area (Å²) in [6.07, 6.45) is 94.2. The van der Waals surface area contributed by atoms with Crippen molar-refractivity contribution in [1.29, 1.82) is 0 Å². The van der Waals surface area contributed by atoms with Gasteiger partial charge in [0, 0.05) is 12.8 Å². The van der Waals surface area contributed by atoms with Crippen molar-refractivity contribution >= 4 is 39.5 Å². The Hall–Kier alpha value is -6.62. The maximum Gasteiger partial charge on any atom is 0.472 e. The van der Waals surface area contributed by atoms with Crippen molar-refractivity contribution in [3.8, 4) is 0 Å². The minimum Gasteiger partial charge on any atom is -0.462 e. The van der Waals surface area contributed by atoms with Crippen molar-refractivity contribution < 1.29 is 80.2 Å². The smallest absolute Gasteiger partial charge is 0.462 e. The molecule has 3 N–H and O–H groups in total. The Morgan fingerprint density at radius 1 is 0.279 bits per heavy atom. The van der Waals surface area contributed by atoms with Gasteiger partial charge in [-0.25, -0.2) is 9.13 Å². The highest BCUT2D eigenvalue weighted by Crippen LogP contribution is 2.45. The van der Waals surface area contributed by atoms with Gasteiger partial charge in [0.1, 0.15) is 19.3 Å². The zero-order chi connectivity index (χ0) is 76.0. The SMILES string of the molecule is CC/C=C\C/C=C\C/C=C\C/C=C\C/C=C\CC(=O)OCC(COP(=O)(O)OCC(O)COP(=O)(O)OCC(COC(=O)CCCCCC/C=C\C/C=C\C/C=C\C/C=C\CC)OC(=O)CCCCCC/C=C\C/C=C\C/C=C\C/C=C\CC)OC(=O)C/C=C\C/C=C\C/C=C\C/C=C\C/C=C\CC. The van der Waals surface area contributed by atoms with Crippen molar-refractivity contribution in [2.24, 2.45) is 0 Å². The summed E-state index contributed by atoms with van der Waals surface area (Å²) in [5.41, 5.74) is 0. The predicted molar refractivity (Wildman–Crippen MR) is 426 cm³/mol. The third kappa shape index (κ3) is 73.7. The molecule has 0 bridgehead atoms. The Balaban J connectivity index is 5.58. The average Bonchev–Trinajstić information content (AvgIpc) is 0.926. The molecule has 0 aliphatic heterocycles. The Kier molecular flexibility index (Phi) is 69.9. The lowest BCUT2D eigenvalue weighted by molar-refractivity contribution is -0.161. The molecule has 0 spiro atoms. The number of hydrogen-bond acceptors (Lipinski definition) is 15. The van der Waals surface area contributed by atoms with Gasteiger partial charge in [-0.05, 0) is 154 Å². The van der Waals surface area contributed by atoms with E-state index in [1.165, 1.54) is 0 Å².